The molecule has 2 N–H and O–H groups in total. The standard InChI is InChI=1S/C26H36O7/c1-13(2)22(29)33-25-10-15(4)26(31)18(20(25)23(25,6)7)9-17(12-32-16(5)27)11-24(30)19(26)8-14(3)21(24)28/h8-9,13,15,18-20,30-31H,10-12H2,1-7H3/t15-,18+,19+,20-,24-,25+,26-/m1/s1. The molecule has 33 heavy (non-hydrogen) atoms. The van der Waals surface area contributed by atoms with Gasteiger partial charge in [-0.15, -0.1) is 0 Å². The second kappa shape index (κ2) is 7.25. The number of ether oxygens (including phenoxy) is 2. The lowest BCUT2D eigenvalue weighted by atomic mass is 9.60. The first-order valence-electron chi connectivity index (χ1n) is 11.9. The summed E-state index contributed by atoms with van der Waals surface area (Å²) in [5.74, 6) is -3.28. The largest absolute Gasteiger partial charge is 0.461 e. The minimum absolute atomic E-state index is 0.0188. The third-order valence-corrected chi connectivity index (χ3v) is 8.89. The van der Waals surface area contributed by atoms with E-state index in [1.807, 2.05) is 26.8 Å². The lowest BCUT2D eigenvalue weighted by molar-refractivity contribution is -0.188. The van der Waals surface area contributed by atoms with E-state index in [1.165, 1.54) is 6.92 Å². The van der Waals surface area contributed by atoms with E-state index in [9.17, 15) is 24.6 Å². The van der Waals surface area contributed by atoms with Gasteiger partial charge in [-0.25, -0.2) is 0 Å². The van der Waals surface area contributed by atoms with E-state index < -0.39 is 45.8 Å². The molecule has 0 radical (unpaired) electrons. The predicted octanol–water partition coefficient (Wildman–Crippen LogP) is 2.74. The van der Waals surface area contributed by atoms with Crippen LogP contribution in [-0.4, -0.2) is 51.3 Å². The molecule has 7 heteroatoms. The van der Waals surface area contributed by atoms with Gasteiger partial charge in [0, 0.05) is 36.5 Å². The Balaban J connectivity index is 1.84. The molecule has 0 unspecified atom stereocenters. The topological polar surface area (TPSA) is 110 Å². The van der Waals surface area contributed by atoms with Gasteiger partial charge in [0.15, 0.2) is 5.78 Å². The number of fused-ring (bicyclic) bond motifs is 5. The van der Waals surface area contributed by atoms with E-state index in [1.54, 1.807) is 26.8 Å². The first-order chi connectivity index (χ1) is 15.1. The molecule has 0 bridgehead atoms. The number of hydrogen-bond donors (Lipinski definition) is 2. The highest BCUT2D eigenvalue weighted by Crippen LogP contribution is 2.76. The van der Waals surface area contributed by atoms with Crippen LogP contribution in [0.15, 0.2) is 23.3 Å². The van der Waals surface area contributed by atoms with Crippen LogP contribution < -0.4 is 0 Å². The van der Waals surface area contributed by atoms with Gasteiger partial charge >= 0.3 is 11.9 Å². The predicted molar refractivity (Wildman–Crippen MR) is 120 cm³/mol. The number of Topliss-reactive ketones (excluding diaryl/α,β-unsaturated/α-hetero) is 1. The Labute approximate surface area is 195 Å². The first kappa shape index (κ1) is 24.1. The first-order valence-corrected chi connectivity index (χ1v) is 11.9. The fourth-order valence-electron chi connectivity index (χ4n) is 7.08. The average molecular weight is 461 g/mol. The number of ketones is 1. The van der Waals surface area contributed by atoms with Crippen molar-refractivity contribution in [3.8, 4) is 0 Å². The molecule has 0 heterocycles. The molecule has 7 nitrogen and oxygen atoms in total. The Morgan fingerprint density at radius 1 is 1.21 bits per heavy atom. The Morgan fingerprint density at radius 2 is 1.85 bits per heavy atom. The van der Waals surface area contributed by atoms with Crippen LogP contribution in [0.5, 0.6) is 0 Å². The van der Waals surface area contributed by atoms with E-state index in [4.69, 9.17) is 9.47 Å². The summed E-state index contributed by atoms with van der Waals surface area (Å²) in [6.07, 6.45) is 4.01. The summed E-state index contributed by atoms with van der Waals surface area (Å²) in [5, 5.41) is 24.0. The Kier molecular flexibility index (Phi) is 5.31. The summed E-state index contributed by atoms with van der Waals surface area (Å²) in [7, 11) is 0. The molecule has 4 aliphatic carbocycles. The van der Waals surface area contributed by atoms with Crippen molar-refractivity contribution in [1.82, 2.24) is 0 Å². The van der Waals surface area contributed by atoms with Crippen molar-refractivity contribution >= 4 is 17.7 Å². The summed E-state index contributed by atoms with van der Waals surface area (Å²) in [6.45, 7) is 12.5. The maximum Gasteiger partial charge on any atom is 0.308 e. The summed E-state index contributed by atoms with van der Waals surface area (Å²) in [6, 6.07) is 0. The highest BCUT2D eigenvalue weighted by atomic mass is 16.6. The lowest BCUT2D eigenvalue weighted by Crippen LogP contribution is -2.61. The molecule has 4 rings (SSSR count). The van der Waals surface area contributed by atoms with Gasteiger partial charge in [-0.2, -0.15) is 0 Å². The van der Waals surface area contributed by atoms with Gasteiger partial charge in [0.05, 0.1) is 11.5 Å². The van der Waals surface area contributed by atoms with Crippen LogP contribution in [0, 0.1) is 35.0 Å². The van der Waals surface area contributed by atoms with E-state index in [-0.39, 0.29) is 36.8 Å². The van der Waals surface area contributed by atoms with Crippen LogP contribution in [0.1, 0.15) is 61.3 Å². The number of carbonyl (C=O) groups is 3. The molecule has 0 aromatic carbocycles. The molecule has 4 aliphatic rings. The van der Waals surface area contributed by atoms with Crippen molar-refractivity contribution in [2.75, 3.05) is 6.61 Å². The fourth-order valence-corrected chi connectivity index (χ4v) is 7.08. The normalized spacial score (nSPS) is 42.9. The highest BCUT2D eigenvalue weighted by molar-refractivity contribution is 6.04. The molecular formula is C26H36O7. The quantitative estimate of drug-likeness (QED) is 0.490. The van der Waals surface area contributed by atoms with Gasteiger partial charge in [0.2, 0.25) is 0 Å². The average Bonchev–Trinajstić information content (AvgIpc) is 3.11. The molecule has 0 spiro atoms. The second-order valence-corrected chi connectivity index (χ2v) is 11.5. The number of esters is 2. The van der Waals surface area contributed by atoms with Gasteiger partial charge in [-0.05, 0) is 30.4 Å². The van der Waals surface area contributed by atoms with Crippen molar-refractivity contribution in [3.63, 3.8) is 0 Å². The Bertz CT molecular complexity index is 975. The zero-order chi connectivity index (χ0) is 24.7. The minimum atomic E-state index is -1.80. The smallest absolute Gasteiger partial charge is 0.308 e. The minimum Gasteiger partial charge on any atom is -0.461 e. The molecule has 0 aliphatic heterocycles. The van der Waals surface area contributed by atoms with E-state index in [0.29, 0.717) is 17.6 Å². The summed E-state index contributed by atoms with van der Waals surface area (Å²) in [5.41, 5.74) is -3.36. The van der Waals surface area contributed by atoms with Crippen LogP contribution in [0.2, 0.25) is 0 Å². The third kappa shape index (κ3) is 3.11. The number of hydrogen-bond acceptors (Lipinski definition) is 7. The SMILES string of the molecule is CC(=O)OCC1=C[C@H]2[C@@H]3C(C)(C)[C@]3(OC(=O)C(C)C)C[C@@H](C)[C@]2(O)[C@H]2C=C(C)C(=O)[C@@]2(O)C1. The molecule has 0 amide bonds. The molecular weight excluding hydrogens is 424 g/mol. The maximum atomic E-state index is 13.1. The second-order valence-electron chi connectivity index (χ2n) is 11.5. The molecule has 182 valence electrons. The van der Waals surface area contributed by atoms with E-state index >= 15 is 0 Å². The summed E-state index contributed by atoms with van der Waals surface area (Å²) >= 11 is 0. The van der Waals surface area contributed by atoms with Gasteiger partial charge < -0.3 is 19.7 Å². The molecule has 7 atom stereocenters. The van der Waals surface area contributed by atoms with Crippen LogP contribution in [-0.2, 0) is 23.9 Å². The van der Waals surface area contributed by atoms with Crippen molar-refractivity contribution in [3.05, 3.63) is 23.3 Å². The van der Waals surface area contributed by atoms with Gasteiger partial charge in [-0.3, -0.25) is 14.4 Å². The van der Waals surface area contributed by atoms with Crippen molar-refractivity contribution < 1.29 is 34.1 Å². The molecule has 2 fully saturated rings. The van der Waals surface area contributed by atoms with Crippen LogP contribution in [0.4, 0.5) is 0 Å². The molecule has 0 aromatic heterocycles. The lowest BCUT2D eigenvalue weighted by Gasteiger charge is -2.50. The van der Waals surface area contributed by atoms with Crippen molar-refractivity contribution in [2.45, 2.75) is 78.1 Å². The van der Waals surface area contributed by atoms with E-state index in [2.05, 4.69) is 0 Å². The Morgan fingerprint density at radius 3 is 2.42 bits per heavy atom. The molecule has 0 saturated heterocycles. The van der Waals surface area contributed by atoms with Crippen LogP contribution in [0.3, 0.4) is 0 Å². The molecule has 2 saturated carbocycles. The van der Waals surface area contributed by atoms with Crippen LogP contribution >= 0.6 is 0 Å². The highest BCUT2D eigenvalue weighted by Gasteiger charge is 2.83. The van der Waals surface area contributed by atoms with E-state index in [0.717, 1.165) is 0 Å². The number of carbonyl (C=O) groups excluding carboxylic acids is 3. The summed E-state index contributed by atoms with van der Waals surface area (Å²) < 4.78 is 11.4. The monoisotopic (exact) mass is 460 g/mol. The van der Waals surface area contributed by atoms with Gasteiger partial charge in [0.25, 0.3) is 0 Å². The van der Waals surface area contributed by atoms with Crippen LogP contribution in [0.25, 0.3) is 0 Å². The maximum absolute atomic E-state index is 13.1. The van der Waals surface area contributed by atoms with Crippen molar-refractivity contribution in [2.24, 2.45) is 35.0 Å². The van der Waals surface area contributed by atoms with Gasteiger partial charge in [0.1, 0.15) is 17.8 Å². The fraction of sp³-hybridized carbons (Fsp3) is 0.731. The van der Waals surface area contributed by atoms with Crippen molar-refractivity contribution in [1.29, 1.82) is 0 Å². The van der Waals surface area contributed by atoms with Gasteiger partial charge in [-0.1, -0.05) is 46.8 Å². The Hall–Kier alpha value is -1.99. The zero-order valence-corrected chi connectivity index (χ0v) is 20.6. The number of aliphatic hydroxyl groups is 2. The number of rotatable bonds is 4. The third-order valence-electron chi connectivity index (χ3n) is 8.89. The molecule has 0 aromatic rings. The summed E-state index contributed by atoms with van der Waals surface area (Å²) in [4.78, 5) is 37.3. The zero-order valence-electron chi connectivity index (χ0n) is 20.6.